The third kappa shape index (κ3) is 5.63. The summed E-state index contributed by atoms with van der Waals surface area (Å²) in [6, 6.07) is 8.32. The third-order valence-corrected chi connectivity index (χ3v) is 3.04. The Hall–Kier alpha value is -2.25. The number of aromatic nitrogens is 2. The number of hydrogen-bond acceptors (Lipinski definition) is 6. The van der Waals surface area contributed by atoms with Crippen LogP contribution in [0.25, 0.3) is 0 Å². The van der Waals surface area contributed by atoms with Crippen LogP contribution in [0.2, 0.25) is 0 Å². The Morgan fingerprint density at radius 3 is 2.64 bits per heavy atom. The molecule has 2 aromatic rings. The largest absolute Gasteiger partial charge is 0.370 e. The Balaban J connectivity index is 1.78. The number of halogens is 1. The molecule has 0 saturated heterocycles. The summed E-state index contributed by atoms with van der Waals surface area (Å²) in [5.41, 5.74) is 1.08. The molecule has 118 valence electrons. The summed E-state index contributed by atoms with van der Waals surface area (Å²) >= 11 is 0. The fourth-order valence-corrected chi connectivity index (χ4v) is 1.87. The fourth-order valence-electron chi connectivity index (χ4n) is 1.87. The van der Waals surface area contributed by atoms with E-state index in [1.807, 2.05) is 6.07 Å². The number of hydrogen-bond donors (Lipinski definition) is 3. The van der Waals surface area contributed by atoms with Crippen molar-refractivity contribution in [3.8, 4) is 0 Å². The quantitative estimate of drug-likeness (QED) is 0.506. The fraction of sp³-hybridized carbons (Fsp3) is 0.333. The van der Waals surface area contributed by atoms with E-state index >= 15 is 0 Å². The molecule has 0 aliphatic rings. The first-order valence-corrected chi connectivity index (χ1v) is 7.14. The lowest BCUT2D eigenvalue weighted by molar-refractivity contribution is 0.363. The van der Waals surface area contributed by atoms with Crippen LogP contribution < -0.4 is 16.5 Å². The monoisotopic (exact) mass is 304 g/mol. The standard InChI is InChI=1S/C15H21FN6/c1-22(17)11-10-20-15-19-9-7-14(21-15)18-8-6-12-2-4-13(16)5-3-12/h2-5,7,9H,6,8,10-11,17H2,1H3,(H2,18,19,20,21). The van der Waals surface area contributed by atoms with Crippen molar-refractivity contribution < 1.29 is 4.39 Å². The molecule has 1 aromatic carbocycles. The summed E-state index contributed by atoms with van der Waals surface area (Å²) in [5.74, 6) is 6.63. The second-order valence-corrected chi connectivity index (χ2v) is 4.98. The molecule has 0 spiro atoms. The summed E-state index contributed by atoms with van der Waals surface area (Å²) in [7, 11) is 1.80. The normalized spacial score (nSPS) is 10.7. The molecule has 0 amide bonds. The minimum absolute atomic E-state index is 0.216. The van der Waals surface area contributed by atoms with Crippen molar-refractivity contribution in [1.29, 1.82) is 0 Å². The van der Waals surface area contributed by atoms with Crippen LogP contribution in [0, 0.1) is 5.82 Å². The van der Waals surface area contributed by atoms with Crippen molar-refractivity contribution in [1.82, 2.24) is 15.0 Å². The molecule has 1 aromatic heterocycles. The molecule has 22 heavy (non-hydrogen) atoms. The molecule has 2 rings (SSSR count). The maximum absolute atomic E-state index is 12.8. The Morgan fingerprint density at radius 2 is 1.91 bits per heavy atom. The van der Waals surface area contributed by atoms with Crippen LogP contribution in [0.4, 0.5) is 16.2 Å². The van der Waals surface area contributed by atoms with Crippen LogP contribution in [0.3, 0.4) is 0 Å². The molecule has 0 atom stereocenters. The molecule has 0 fully saturated rings. The number of rotatable bonds is 8. The van der Waals surface area contributed by atoms with Gasteiger partial charge in [-0.2, -0.15) is 4.98 Å². The second kappa shape index (κ2) is 8.26. The molecule has 0 unspecified atom stereocenters. The maximum Gasteiger partial charge on any atom is 0.224 e. The van der Waals surface area contributed by atoms with E-state index in [0.29, 0.717) is 25.6 Å². The zero-order valence-electron chi connectivity index (χ0n) is 12.6. The number of nitrogens with two attached hydrogens (primary N) is 1. The van der Waals surface area contributed by atoms with E-state index in [2.05, 4.69) is 20.6 Å². The lowest BCUT2D eigenvalue weighted by atomic mass is 10.1. The third-order valence-electron chi connectivity index (χ3n) is 3.04. The Kier molecular flexibility index (Phi) is 6.05. The van der Waals surface area contributed by atoms with E-state index in [-0.39, 0.29) is 5.82 Å². The van der Waals surface area contributed by atoms with Gasteiger partial charge >= 0.3 is 0 Å². The Labute approximate surface area is 129 Å². The average Bonchev–Trinajstić information content (AvgIpc) is 2.49. The first-order chi connectivity index (χ1) is 10.6. The van der Waals surface area contributed by atoms with Crippen LogP contribution in [-0.2, 0) is 6.42 Å². The van der Waals surface area contributed by atoms with E-state index in [1.54, 1.807) is 30.4 Å². The summed E-state index contributed by atoms with van der Waals surface area (Å²) in [5, 5.41) is 7.93. The number of anilines is 2. The molecule has 0 saturated carbocycles. The topological polar surface area (TPSA) is 79.1 Å². The number of nitrogens with one attached hydrogen (secondary N) is 2. The van der Waals surface area contributed by atoms with Crippen molar-refractivity contribution >= 4 is 11.8 Å². The van der Waals surface area contributed by atoms with Crippen molar-refractivity contribution in [2.75, 3.05) is 37.3 Å². The van der Waals surface area contributed by atoms with Gasteiger partial charge in [-0.05, 0) is 30.2 Å². The van der Waals surface area contributed by atoms with Gasteiger partial charge in [0.05, 0.1) is 0 Å². The molecule has 0 aliphatic heterocycles. The molecule has 0 bridgehead atoms. The van der Waals surface area contributed by atoms with Crippen molar-refractivity contribution in [2.45, 2.75) is 6.42 Å². The summed E-state index contributed by atoms with van der Waals surface area (Å²) in [4.78, 5) is 8.51. The number of benzene rings is 1. The van der Waals surface area contributed by atoms with Gasteiger partial charge in [-0.25, -0.2) is 14.4 Å². The summed E-state index contributed by atoms with van der Waals surface area (Å²) in [6.45, 7) is 2.09. The molecular weight excluding hydrogens is 283 g/mol. The van der Waals surface area contributed by atoms with Crippen LogP contribution in [-0.4, -0.2) is 41.7 Å². The smallest absolute Gasteiger partial charge is 0.224 e. The SMILES string of the molecule is CN(N)CCNc1nccc(NCCc2ccc(F)cc2)n1. The molecule has 0 aliphatic carbocycles. The van der Waals surface area contributed by atoms with Crippen molar-refractivity contribution in [2.24, 2.45) is 5.84 Å². The van der Waals surface area contributed by atoms with Gasteiger partial charge < -0.3 is 10.6 Å². The zero-order valence-corrected chi connectivity index (χ0v) is 12.6. The van der Waals surface area contributed by atoms with Gasteiger partial charge in [0.15, 0.2) is 0 Å². The van der Waals surface area contributed by atoms with Crippen molar-refractivity contribution in [3.05, 3.63) is 47.9 Å². The van der Waals surface area contributed by atoms with Gasteiger partial charge in [0.25, 0.3) is 0 Å². The highest BCUT2D eigenvalue weighted by Gasteiger charge is 2.00. The predicted molar refractivity (Wildman–Crippen MR) is 85.9 cm³/mol. The molecule has 4 N–H and O–H groups in total. The second-order valence-electron chi connectivity index (χ2n) is 4.98. The lowest BCUT2D eigenvalue weighted by Crippen LogP contribution is -2.31. The average molecular weight is 304 g/mol. The molecule has 0 radical (unpaired) electrons. The number of likely N-dealkylation sites (N-methyl/N-ethyl adjacent to an activating group) is 1. The van der Waals surface area contributed by atoms with Crippen molar-refractivity contribution in [3.63, 3.8) is 0 Å². The van der Waals surface area contributed by atoms with Crippen LogP contribution in [0.1, 0.15) is 5.56 Å². The maximum atomic E-state index is 12.8. The number of nitrogens with zero attached hydrogens (tertiary/aromatic N) is 3. The van der Waals surface area contributed by atoms with Crippen LogP contribution >= 0.6 is 0 Å². The van der Waals surface area contributed by atoms with E-state index in [4.69, 9.17) is 5.84 Å². The molecule has 7 heteroatoms. The van der Waals surface area contributed by atoms with Gasteiger partial charge in [-0.3, -0.25) is 5.84 Å². The molecule has 6 nitrogen and oxygen atoms in total. The van der Waals surface area contributed by atoms with E-state index < -0.39 is 0 Å². The molecular formula is C15H21FN6. The van der Waals surface area contributed by atoms with Crippen LogP contribution in [0.5, 0.6) is 0 Å². The lowest BCUT2D eigenvalue weighted by Gasteiger charge is -2.11. The van der Waals surface area contributed by atoms with Gasteiger partial charge in [0.2, 0.25) is 5.95 Å². The first-order valence-electron chi connectivity index (χ1n) is 7.14. The van der Waals surface area contributed by atoms with E-state index in [0.717, 1.165) is 17.8 Å². The predicted octanol–water partition coefficient (Wildman–Crippen LogP) is 1.49. The first kappa shape index (κ1) is 16.1. The highest BCUT2D eigenvalue weighted by Crippen LogP contribution is 2.07. The minimum Gasteiger partial charge on any atom is -0.370 e. The van der Waals surface area contributed by atoms with E-state index in [1.165, 1.54) is 12.1 Å². The highest BCUT2D eigenvalue weighted by atomic mass is 19.1. The minimum atomic E-state index is -0.216. The number of hydrazine groups is 1. The van der Waals surface area contributed by atoms with Gasteiger partial charge in [-0.15, -0.1) is 0 Å². The van der Waals surface area contributed by atoms with Gasteiger partial charge in [-0.1, -0.05) is 12.1 Å². The van der Waals surface area contributed by atoms with Gasteiger partial charge in [0, 0.05) is 32.9 Å². The zero-order chi connectivity index (χ0) is 15.8. The Bertz CT molecular complexity index is 573. The summed E-state index contributed by atoms with van der Waals surface area (Å²) in [6.07, 6.45) is 2.49. The van der Waals surface area contributed by atoms with E-state index in [9.17, 15) is 4.39 Å². The summed E-state index contributed by atoms with van der Waals surface area (Å²) < 4.78 is 12.8. The molecule has 1 heterocycles. The Morgan fingerprint density at radius 1 is 1.14 bits per heavy atom. The van der Waals surface area contributed by atoms with Crippen LogP contribution in [0.15, 0.2) is 36.5 Å². The highest BCUT2D eigenvalue weighted by molar-refractivity contribution is 5.39. The van der Waals surface area contributed by atoms with Gasteiger partial charge in [0.1, 0.15) is 11.6 Å².